The molecule has 0 saturated heterocycles. The Hall–Kier alpha value is -0.730. The summed E-state index contributed by atoms with van der Waals surface area (Å²) in [5.74, 6) is -0.273. The molecule has 0 bridgehead atoms. The molecule has 76 valence electrons. The first-order valence-corrected chi connectivity index (χ1v) is 4.92. The highest BCUT2D eigenvalue weighted by molar-refractivity contribution is 6.42. The fourth-order valence-corrected chi connectivity index (χ4v) is 1.33. The van der Waals surface area contributed by atoms with E-state index in [4.69, 9.17) is 27.9 Å². The molecule has 1 aromatic carbocycles. The number of esters is 1. The Morgan fingerprint density at radius 2 is 2.07 bits per heavy atom. The average molecular weight is 233 g/mol. The Morgan fingerprint density at radius 3 is 2.64 bits per heavy atom. The molecule has 0 saturated carbocycles. The fraction of sp³-hybridized carbons (Fsp3) is 0.300. The van der Waals surface area contributed by atoms with Gasteiger partial charge < -0.3 is 4.74 Å². The van der Waals surface area contributed by atoms with Crippen molar-refractivity contribution in [3.63, 3.8) is 0 Å². The molecule has 0 N–H and O–H groups in total. The van der Waals surface area contributed by atoms with Gasteiger partial charge in [-0.1, -0.05) is 29.3 Å². The summed E-state index contributed by atoms with van der Waals surface area (Å²) in [5.41, 5.74) is 1.00. The van der Waals surface area contributed by atoms with Crippen molar-refractivity contribution in [2.45, 2.75) is 13.3 Å². The van der Waals surface area contributed by atoms with Crippen LogP contribution < -0.4 is 0 Å². The van der Waals surface area contributed by atoms with Crippen LogP contribution in [0, 0.1) is 0 Å². The van der Waals surface area contributed by atoms with Gasteiger partial charge in [0, 0.05) is 13.3 Å². The number of hydrogen-bond acceptors (Lipinski definition) is 2. The number of rotatable bonds is 3. The van der Waals surface area contributed by atoms with Crippen LogP contribution in [-0.4, -0.2) is 12.6 Å². The van der Waals surface area contributed by atoms with Crippen LogP contribution in [0.2, 0.25) is 10.0 Å². The molecular formula is C10H10Cl2O2. The summed E-state index contributed by atoms with van der Waals surface area (Å²) in [6.07, 6.45) is 0.649. The van der Waals surface area contributed by atoms with Crippen LogP contribution in [0.4, 0.5) is 0 Å². The van der Waals surface area contributed by atoms with E-state index in [1.807, 2.05) is 6.07 Å². The zero-order valence-corrected chi connectivity index (χ0v) is 9.23. The summed E-state index contributed by atoms with van der Waals surface area (Å²) >= 11 is 11.6. The lowest BCUT2D eigenvalue weighted by molar-refractivity contribution is -0.140. The van der Waals surface area contributed by atoms with E-state index in [1.54, 1.807) is 12.1 Å². The summed E-state index contributed by atoms with van der Waals surface area (Å²) in [6, 6.07) is 5.36. The Kier molecular flexibility index (Phi) is 4.23. The van der Waals surface area contributed by atoms with Crippen LogP contribution in [0.3, 0.4) is 0 Å². The lowest BCUT2D eigenvalue weighted by atomic mass is 10.2. The van der Waals surface area contributed by atoms with Crippen molar-refractivity contribution in [3.8, 4) is 0 Å². The Labute approximate surface area is 92.8 Å². The average Bonchev–Trinajstić information content (AvgIpc) is 2.10. The van der Waals surface area contributed by atoms with E-state index in [2.05, 4.69) is 0 Å². The topological polar surface area (TPSA) is 26.3 Å². The number of carbonyl (C=O) groups excluding carboxylic acids is 1. The van der Waals surface area contributed by atoms with Gasteiger partial charge in [0.25, 0.3) is 0 Å². The van der Waals surface area contributed by atoms with Gasteiger partial charge in [0.2, 0.25) is 0 Å². The van der Waals surface area contributed by atoms with Gasteiger partial charge in [0.05, 0.1) is 16.7 Å². The SMILES string of the molecule is CC(=O)OCCc1ccc(Cl)c(Cl)c1. The monoisotopic (exact) mass is 232 g/mol. The number of ether oxygens (including phenoxy) is 1. The van der Waals surface area contributed by atoms with E-state index >= 15 is 0 Å². The van der Waals surface area contributed by atoms with Gasteiger partial charge in [-0.3, -0.25) is 4.79 Å². The smallest absolute Gasteiger partial charge is 0.302 e. The molecule has 2 nitrogen and oxygen atoms in total. The van der Waals surface area contributed by atoms with Gasteiger partial charge in [0.1, 0.15) is 0 Å². The lowest BCUT2D eigenvalue weighted by Crippen LogP contribution is -2.03. The van der Waals surface area contributed by atoms with Crippen molar-refractivity contribution in [1.29, 1.82) is 0 Å². The van der Waals surface area contributed by atoms with Crippen LogP contribution in [0.1, 0.15) is 12.5 Å². The summed E-state index contributed by atoms with van der Waals surface area (Å²) < 4.78 is 4.80. The molecule has 0 fully saturated rings. The van der Waals surface area contributed by atoms with Gasteiger partial charge >= 0.3 is 5.97 Å². The minimum Gasteiger partial charge on any atom is -0.466 e. The molecule has 0 aliphatic carbocycles. The molecule has 0 aliphatic heterocycles. The molecule has 0 unspecified atom stereocenters. The van der Waals surface area contributed by atoms with Crippen molar-refractivity contribution in [2.75, 3.05) is 6.61 Å². The van der Waals surface area contributed by atoms with E-state index in [1.165, 1.54) is 6.92 Å². The zero-order chi connectivity index (χ0) is 10.6. The molecule has 0 heterocycles. The quantitative estimate of drug-likeness (QED) is 0.750. The van der Waals surface area contributed by atoms with Crippen LogP contribution in [-0.2, 0) is 16.0 Å². The first-order valence-electron chi connectivity index (χ1n) is 4.17. The molecule has 1 rings (SSSR count). The van der Waals surface area contributed by atoms with Gasteiger partial charge in [0.15, 0.2) is 0 Å². The Morgan fingerprint density at radius 1 is 1.36 bits per heavy atom. The van der Waals surface area contributed by atoms with E-state index in [9.17, 15) is 4.79 Å². The van der Waals surface area contributed by atoms with E-state index < -0.39 is 0 Å². The van der Waals surface area contributed by atoms with Crippen molar-refractivity contribution in [3.05, 3.63) is 33.8 Å². The van der Waals surface area contributed by atoms with Crippen LogP contribution >= 0.6 is 23.2 Å². The Bertz CT molecular complexity index is 337. The lowest BCUT2D eigenvalue weighted by Gasteiger charge is -2.03. The first kappa shape index (κ1) is 11.3. The van der Waals surface area contributed by atoms with Gasteiger partial charge in [-0.2, -0.15) is 0 Å². The molecular weight excluding hydrogens is 223 g/mol. The third kappa shape index (κ3) is 3.56. The molecule has 0 atom stereocenters. The molecule has 0 aromatic heterocycles. The fourth-order valence-electron chi connectivity index (χ4n) is 1.01. The van der Waals surface area contributed by atoms with E-state index in [0.717, 1.165) is 5.56 Å². The second kappa shape index (κ2) is 5.23. The maximum atomic E-state index is 10.5. The summed E-state index contributed by atoms with van der Waals surface area (Å²) in [4.78, 5) is 10.5. The third-order valence-electron chi connectivity index (χ3n) is 1.68. The van der Waals surface area contributed by atoms with Crippen LogP contribution in [0.25, 0.3) is 0 Å². The minimum atomic E-state index is -0.273. The van der Waals surface area contributed by atoms with Crippen molar-refractivity contribution in [2.24, 2.45) is 0 Å². The molecule has 1 aromatic rings. The number of carbonyl (C=O) groups is 1. The maximum absolute atomic E-state index is 10.5. The van der Waals surface area contributed by atoms with Gasteiger partial charge in [-0.25, -0.2) is 0 Å². The molecule has 14 heavy (non-hydrogen) atoms. The number of benzene rings is 1. The minimum absolute atomic E-state index is 0.273. The molecule has 4 heteroatoms. The normalized spacial score (nSPS) is 9.93. The summed E-state index contributed by atoms with van der Waals surface area (Å²) in [6.45, 7) is 1.75. The highest BCUT2D eigenvalue weighted by atomic mass is 35.5. The number of halogens is 2. The predicted octanol–water partition coefficient (Wildman–Crippen LogP) is 3.10. The van der Waals surface area contributed by atoms with Crippen molar-refractivity contribution in [1.82, 2.24) is 0 Å². The molecule has 0 amide bonds. The summed E-state index contributed by atoms with van der Waals surface area (Å²) in [5, 5.41) is 1.05. The first-order chi connectivity index (χ1) is 6.59. The maximum Gasteiger partial charge on any atom is 0.302 e. The largest absolute Gasteiger partial charge is 0.466 e. The molecule has 0 spiro atoms. The van der Waals surface area contributed by atoms with Crippen LogP contribution in [0.5, 0.6) is 0 Å². The summed E-state index contributed by atoms with van der Waals surface area (Å²) in [7, 11) is 0. The van der Waals surface area contributed by atoms with E-state index in [-0.39, 0.29) is 5.97 Å². The standard InChI is InChI=1S/C10H10Cl2O2/c1-7(13)14-5-4-8-2-3-9(11)10(12)6-8/h2-3,6H,4-5H2,1H3. The predicted molar refractivity (Wildman–Crippen MR) is 56.8 cm³/mol. The van der Waals surface area contributed by atoms with E-state index in [0.29, 0.717) is 23.1 Å². The van der Waals surface area contributed by atoms with Crippen molar-refractivity contribution < 1.29 is 9.53 Å². The second-order valence-corrected chi connectivity index (χ2v) is 3.65. The highest BCUT2D eigenvalue weighted by Crippen LogP contribution is 2.22. The Balaban J connectivity index is 2.51. The third-order valence-corrected chi connectivity index (χ3v) is 2.42. The highest BCUT2D eigenvalue weighted by Gasteiger charge is 2.00. The van der Waals surface area contributed by atoms with Gasteiger partial charge in [-0.05, 0) is 17.7 Å². The van der Waals surface area contributed by atoms with Crippen LogP contribution in [0.15, 0.2) is 18.2 Å². The molecule has 0 radical (unpaired) electrons. The second-order valence-electron chi connectivity index (χ2n) is 2.84. The van der Waals surface area contributed by atoms with Crippen molar-refractivity contribution >= 4 is 29.2 Å². The van der Waals surface area contributed by atoms with Gasteiger partial charge in [-0.15, -0.1) is 0 Å². The zero-order valence-electron chi connectivity index (χ0n) is 7.72. The molecule has 0 aliphatic rings. The number of hydrogen-bond donors (Lipinski definition) is 0.